The number of ether oxygens (including phenoxy) is 1. The van der Waals surface area contributed by atoms with Gasteiger partial charge in [-0.15, -0.1) is 0 Å². The van der Waals surface area contributed by atoms with E-state index in [4.69, 9.17) is 16.3 Å². The number of carbonyl (C=O) groups excluding carboxylic acids is 1. The first-order valence-electron chi connectivity index (χ1n) is 7.95. The SMILES string of the molecule is CC(C)Oc1cccc(NC(=O)CN(c2ccc(Cl)cc2)S(C)(=O)=O)c1. The summed E-state index contributed by atoms with van der Waals surface area (Å²) in [7, 11) is -3.64. The maximum atomic E-state index is 12.4. The molecule has 0 spiro atoms. The lowest BCUT2D eigenvalue weighted by Gasteiger charge is -2.22. The van der Waals surface area contributed by atoms with Crippen molar-refractivity contribution >= 4 is 38.9 Å². The Morgan fingerprint density at radius 2 is 1.85 bits per heavy atom. The molecule has 1 N–H and O–H groups in total. The first-order valence-corrected chi connectivity index (χ1v) is 10.2. The molecule has 1 amide bonds. The molecule has 6 nitrogen and oxygen atoms in total. The predicted molar refractivity (Wildman–Crippen MR) is 104 cm³/mol. The molecular weight excluding hydrogens is 376 g/mol. The van der Waals surface area contributed by atoms with E-state index in [0.29, 0.717) is 22.1 Å². The number of anilines is 2. The zero-order valence-corrected chi connectivity index (χ0v) is 16.3. The lowest BCUT2D eigenvalue weighted by molar-refractivity contribution is -0.114. The molecule has 0 heterocycles. The van der Waals surface area contributed by atoms with Crippen LogP contribution in [-0.4, -0.2) is 33.2 Å². The van der Waals surface area contributed by atoms with E-state index in [1.54, 1.807) is 48.5 Å². The molecule has 0 unspecified atom stereocenters. The smallest absolute Gasteiger partial charge is 0.245 e. The number of hydrogen-bond acceptors (Lipinski definition) is 4. The number of halogens is 1. The lowest BCUT2D eigenvalue weighted by atomic mass is 10.3. The van der Waals surface area contributed by atoms with Crippen LogP contribution in [0.1, 0.15) is 13.8 Å². The van der Waals surface area contributed by atoms with Crippen molar-refractivity contribution in [3.05, 3.63) is 53.6 Å². The van der Waals surface area contributed by atoms with Gasteiger partial charge in [0.25, 0.3) is 0 Å². The zero-order chi connectivity index (χ0) is 19.3. The molecule has 0 aliphatic rings. The second kappa shape index (κ2) is 8.42. The van der Waals surface area contributed by atoms with Crippen LogP contribution in [0.2, 0.25) is 5.02 Å². The minimum Gasteiger partial charge on any atom is -0.491 e. The second-order valence-corrected chi connectivity index (χ2v) is 8.33. The summed E-state index contributed by atoms with van der Waals surface area (Å²) in [6.07, 6.45) is 1.05. The standard InChI is InChI=1S/C18H21ClN2O4S/c1-13(2)25-17-6-4-5-15(11-17)20-18(22)12-21(26(3,23)24)16-9-7-14(19)8-10-16/h4-11,13H,12H2,1-3H3,(H,20,22). The summed E-state index contributed by atoms with van der Waals surface area (Å²) in [5.41, 5.74) is 0.890. The zero-order valence-electron chi connectivity index (χ0n) is 14.8. The van der Waals surface area contributed by atoms with Gasteiger partial charge in [-0.05, 0) is 50.2 Å². The Hall–Kier alpha value is -2.25. The quantitative estimate of drug-likeness (QED) is 0.776. The Labute approximate surface area is 158 Å². The molecule has 2 rings (SSSR count). The number of hydrogen-bond donors (Lipinski definition) is 1. The van der Waals surface area contributed by atoms with Gasteiger partial charge in [0.2, 0.25) is 15.9 Å². The third-order valence-electron chi connectivity index (χ3n) is 3.29. The Morgan fingerprint density at radius 1 is 1.19 bits per heavy atom. The van der Waals surface area contributed by atoms with Gasteiger partial charge in [-0.25, -0.2) is 8.42 Å². The number of amides is 1. The molecule has 140 valence electrons. The molecular formula is C18H21ClN2O4S. The Balaban J connectivity index is 2.14. The molecule has 0 saturated heterocycles. The van der Waals surface area contributed by atoms with E-state index < -0.39 is 15.9 Å². The molecule has 2 aromatic carbocycles. The molecule has 0 fully saturated rings. The van der Waals surface area contributed by atoms with Gasteiger partial charge < -0.3 is 10.1 Å². The van der Waals surface area contributed by atoms with Crippen LogP contribution in [0.15, 0.2) is 48.5 Å². The van der Waals surface area contributed by atoms with E-state index >= 15 is 0 Å². The van der Waals surface area contributed by atoms with Crippen molar-refractivity contribution in [3.63, 3.8) is 0 Å². The van der Waals surface area contributed by atoms with E-state index in [-0.39, 0.29) is 12.6 Å². The number of benzene rings is 2. The van der Waals surface area contributed by atoms with Crippen LogP contribution in [0.5, 0.6) is 5.75 Å². The van der Waals surface area contributed by atoms with E-state index in [1.807, 2.05) is 13.8 Å². The first kappa shape index (κ1) is 20.1. The number of carbonyl (C=O) groups is 1. The van der Waals surface area contributed by atoms with Crippen LogP contribution in [0.4, 0.5) is 11.4 Å². The topological polar surface area (TPSA) is 75.7 Å². The Bertz CT molecular complexity index is 867. The van der Waals surface area contributed by atoms with Gasteiger partial charge in [-0.3, -0.25) is 9.10 Å². The summed E-state index contributed by atoms with van der Waals surface area (Å²) in [6, 6.07) is 13.2. The average Bonchev–Trinajstić information content (AvgIpc) is 2.52. The van der Waals surface area contributed by atoms with Gasteiger partial charge in [-0.2, -0.15) is 0 Å². The molecule has 0 atom stereocenters. The summed E-state index contributed by atoms with van der Waals surface area (Å²) in [5, 5.41) is 3.17. The highest BCUT2D eigenvalue weighted by Gasteiger charge is 2.21. The number of nitrogens with zero attached hydrogens (tertiary/aromatic N) is 1. The molecule has 0 aliphatic carbocycles. The summed E-state index contributed by atoms with van der Waals surface area (Å²) in [5.74, 6) is 0.155. The summed E-state index contributed by atoms with van der Waals surface area (Å²) >= 11 is 5.84. The Kier molecular flexibility index (Phi) is 6.50. The van der Waals surface area contributed by atoms with E-state index in [0.717, 1.165) is 10.6 Å². The summed E-state index contributed by atoms with van der Waals surface area (Å²) in [6.45, 7) is 3.46. The minimum atomic E-state index is -3.64. The van der Waals surface area contributed by atoms with Crippen molar-refractivity contribution in [2.45, 2.75) is 20.0 Å². The highest BCUT2D eigenvalue weighted by Crippen LogP contribution is 2.21. The van der Waals surface area contributed by atoms with Gasteiger partial charge in [0.15, 0.2) is 0 Å². The van der Waals surface area contributed by atoms with E-state index in [2.05, 4.69) is 5.32 Å². The predicted octanol–water partition coefficient (Wildman–Crippen LogP) is 3.53. The van der Waals surface area contributed by atoms with Crippen molar-refractivity contribution in [3.8, 4) is 5.75 Å². The molecule has 2 aromatic rings. The Morgan fingerprint density at radius 3 is 2.42 bits per heavy atom. The normalized spacial score (nSPS) is 11.3. The van der Waals surface area contributed by atoms with Crippen LogP contribution in [0.3, 0.4) is 0 Å². The molecule has 8 heteroatoms. The molecule has 0 bridgehead atoms. The lowest BCUT2D eigenvalue weighted by Crippen LogP contribution is -2.37. The maximum Gasteiger partial charge on any atom is 0.245 e. The average molecular weight is 397 g/mol. The molecule has 0 aliphatic heterocycles. The van der Waals surface area contributed by atoms with Crippen molar-refractivity contribution < 1.29 is 17.9 Å². The highest BCUT2D eigenvalue weighted by atomic mass is 35.5. The van der Waals surface area contributed by atoms with Crippen LogP contribution in [0.25, 0.3) is 0 Å². The van der Waals surface area contributed by atoms with Crippen molar-refractivity contribution in [2.75, 3.05) is 22.4 Å². The third-order valence-corrected chi connectivity index (χ3v) is 4.68. The van der Waals surface area contributed by atoms with E-state index in [9.17, 15) is 13.2 Å². The first-order chi connectivity index (χ1) is 12.1. The van der Waals surface area contributed by atoms with Gasteiger partial charge in [0.1, 0.15) is 12.3 Å². The van der Waals surface area contributed by atoms with Gasteiger partial charge >= 0.3 is 0 Å². The number of sulfonamides is 1. The van der Waals surface area contributed by atoms with Crippen LogP contribution < -0.4 is 14.4 Å². The van der Waals surface area contributed by atoms with Crippen LogP contribution >= 0.6 is 11.6 Å². The summed E-state index contributed by atoms with van der Waals surface area (Å²) < 4.78 is 30.7. The fourth-order valence-corrected chi connectivity index (χ4v) is 3.24. The van der Waals surface area contributed by atoms with Crippen molar-refractivity contribution in [1.29, 1.82) is 0 Å². The summed E-state index contributed by atoms with van der Waals surface area (Å²) in [4.78, 5) is 12.4. The van der Waals surface area contributed by atoms with Gasteiger partial charge in [-0.1, -0.05) is 17.7 Å². The fraction of sp³-hybridized carbons (Fsp3) is 0.278. The second-order valence-electron chi connectivity index (χ2n) is 5.99. The fourth-order valence-electron chi connectivity index (χ4n) is 2.26. The largest absolute Gasteiger partial charge is 0.491 e. The number of rotatable bonds is 7. The van der Waals surface area contributed by atoms with Crippen molar-refractivity contribution in [2.24, 2.45) is 0 Å². The van der Waals surface area contributed by atoms with Crippen LogP contribution in [-0.2, 0) is 14.8 Å². The van der Waals surface area contributed by atoms with Gasteiger partial charge in [0.05, 0.1) is 18.0 Å². The molecule has 0 aromatic heterocycles. The highest BCUT2D eigenvalue weighted by molar-refractivity contribution is 7.92. The van der Waals surface area contributed by atoms with Gasteiger partial charge in [0, 0.05) is 16.8 Å². The number of nitrogens with one attached hydrogen (secondary N) is 1. The molecule has 0 saturated carbocycles. The minimum absolute atomic E-state index is 0.00609. The maximum absolute atomic E-state index is 12.4. The molecule has 0 radical (unpaired) electrons. The molecule has 26 heavy (non-hydrogen) atoms. The third kappa shape index (κ3) is 5.93. The van der Waals surface area contributed by atoms with Crippen LogP contribution in [0, 0.1) is 0 Å². The van der Waals surface area contributed by atoms with Crippen molar-refractivity contribution in [1.82, 2.24) is 0 Å². The monoisotopic (exact) mass is 396 g/mol. The van der Waals surface area contributed by atoms with E-state index in [1.165, 1.54) is 0 Å².